The first-order valence-corrected chi connectivity index (χ1v) is 4.27. The number of nitrogens with two attached hydrogens (primary N) is 1. The van der Waals surface area contributed by atoms with Crippen molar-refractivity contribution in [1.29, 1.82) is 0 Å². The Morgan fingerprint density at radius 3 is 3.07 bits per heavy atom. The Hall–Kier alpha value is -1.81. The van der Waals surface area contributed by atoms with E-state index in [2.05, 4.69) is 5.32 Å². The zero-order valence-corrected chi connectivity index (χ0v) is 7.49. The number of benzene rings is 1. The summed E-state index contributed by atoms with van der Waals surface area (Å²) in [7, 11) is 0. The maximum absolute atomic E-state index is 11.0. The molecule has 14 heavy (non-hydrogen) atoms. The lowest BCUT2D eigenvalue weighted by Gasteiger charge is -2.02. The average Bonchev–Trinajstić information content (AvgIpc) is 2.64. The van der Waals surface area contributed by atoms with Gasteiger partial charge in [-0.2, -0.15) is 0 Å². The molecule has 0 bridgehead atoms. The molecule has 0 radical (unpaired) electrons. The molecule has 2 rings (SSSR count). The van der Waals surface area contributed by atoms with Gasteiger partial charge >= 0.3 is 0 Å². The monoisotopic (exact) mass is 190 g/mol. The molecule has 1 aromatic heterocycles. The largest absolute Gasteiger partial charge is 0.464 e. The van der Waals surface area contributed by atoms with Gasteiger partial charge in [-0.15, -0.1) is 0 Å². The quantitative estimate of drug-likeness (QED) is 0.750. The van der Waals surface area contributed by atoms with Crippen LogP contribution in [-0.2, 0) is 4.79 Å². The number of amides is 1. The van der Waals surface area contributed by atoms with Crippen LogP contribution in [0.4, 0.5) is 5.69 Å². The Balaban J connectivity index is 2.30. The van der Waals surface area contributed by atoms with Crippen molar-refractivity contribution < 1.29 is 9.21 Å². The second-order valence-corrected chi connectivity index (χ2v) is 2.93. The molecule has 0 aliphatic rings. The van der Waals surface area contributed by atoms with Gasteiger partial charge in [0.25, 0.3) is 0 Å². The number of anilines is 1. The number of fused-ring (bicyclic) bond motifs is 1. The minimum absolute atomic E-state index is 0.0105. The highest BCUT2D eigenvalue weighted by atomic mass is 16.3. The lowest BCUT2D eigenvalue weighted by atomic mass is 10.2. The fourth-order valence-corrected chi connectivity index (χ4v) is 1.26. The van der Waals surface area contributed by atoms with E-state index in [0.29, 0.717) is 0 Å². The Morgan fingerprint density at radius 2 is 2.29 bits per heavy atom. The van der Waals surface area contributed by atoms with E-state index in [1.807, 2.05) is 18.2 Å². The molecule has 2 aromatic rings. The van der Waals surface area contributed by atoms with E-state index in [9.17, 15) is 4.79 Å². The summed E-state index contributed by atoms with van der Waals surface area (Å²) in [5.41, 5.74) is 6.71. The first kappa shape index (κ1) is 8.77. The van der Waals surface area contributed by atoms with Crippen molar-refractivity contribution in [2.24, 2.45) is 5.73 Å². The van der Waals surface area contributed by atoms with Crippen molar-refractivity contribution in [2.45, 2.75) is 0 Å². The number of carbonyl (C=O) groups excluding carboxylic acids is 1. The minimum atomic E-state index is -0.201. The van der Waals surface area contributed by atoms with E-state index in [-0.39, 0.29) is 12.5 Å². The molecule has 1 amide bonds. The molecule has 0 aliphatic carbocycles. The van der Waals surface area contributed by atoms with Gasteiger partial charge in [0, 0.05) is 11.1 Å². The van der Waals surface area contributed by atoms with E-state index >= 15 is 0 Å². The second-order valence-electron chi connectivity index (χ2n) is 2.93. The first-order chi connectivity index (χ1) is 6.79. The van der Waals surface area contributed by atoms with Gasteiger partial charge in [0.1, 0.15) is 5.58 Å². The molecule has 0 aliphatic heterocycles. The number of rotatable bonds is 2. The number of hydrogen-bond acceptors (Lipinski definition) is 3. The fourth-order valence-electron chi connectivity index (χ4n) is 1.26. The van der Waals surface area contributed by atoms with E-state index in [0.717, 1.165) is 16.7 Å². The molecule has 4 nitrogen and oxygen atoms in total. The third kappa shape index (κ3) is 1.60. The Kier molecular flexibility index (Phi) is 2.20. The number of carbonyl (C=O) groups is 1. The van der Waals surface area contributed by atoms with Crippen LogP contribution in [0.15, 0.2) is 34.9 Å². The normalized spacial score (nSPS) is 10.4. The lowest BCUT2D eigenvalue weighted by molar-refractivity contribution is -0.114. The molecule has 0 spiro atoms. The molecular formula is C10H10N2O2. The van der Waals surface area contributed by atoms with Crippen LogP contribution in [0, 0.1) is 0 Å². The summed E-state index contributed by atoms with van der Waals surface area (Å²) in [4.78, 5) is 11.0. The topological polar surface area (TPSA) is 68.3 Å². The van der Waals surface area contributed by atoms with Gasteiger partial charge in [0.05, 0.1) is 12.8 Å². The van der Waals surface area contributed by atoms with Crippen LogP contribution in [0.3, 0.4) is 0 Å². The molecule has 72 valence electrons. The van der Waals surface area contributed by atoms with Crippen molar-refractivity contribution in [3.05, 3.63) is 30.5 Å². The van der Waals surface area contributed by atoms with Crippen molar-refractivity contribution in [1.82, 2.24) is 0 Å². The number of hydrogen-bond donors (Lipinski definition) is 2. The van der Waals surface area contributed by atoms with Crippen LogP contribution in [0.1, 0.15) is 0 Å². The fraction of sp³-hybridized carbons (Fsp3) is 0.100. The van der Waals surface area contributed by atoms with Gasteiger partial charge in [-0.25, -0.2) is 0 Å². The second kappa shape index (κ2) is 3.51. The van der Waals surface area contributed by atoms with Crippen molar-refractivity contribution >= 4 is 22.6 Å². The predicted octanol–water partition coefficient (Wildman–Crippen LogP) is 1.33. The van der Waals surface area contributed by atoms with Gasteiger partial charge in [-0.1, -0.05) is 0 Å². The van der Waals surface area contributed by atoms with Crippen LogP contribution in [-0.4, -0.2) is 12.5 Å². The lowest BCUT2D eigenvalue weighted by Crippen LogP contribution is -2.21. The first-order valence-electron chi connectivity index (χ1n) is 4.27. The van der Waals surface area contributed by atoms with E-state index < -0.39 is 0 Å². The summed E-state index contributed by atoms with van der Waals surface area (Å²) in [6.45, 7) is -0.0105. The molecule has 1 heterocycles. The van der Waals surface area contributed by atoms with Crippen molar-refractivity contribution in [3.63, 3.8) is 0 Å². The summed E-state index contributed by atoms with van der Waals surface area (Å²) in [6.07, 6.45) is 1.61. The smallest absolute Gasteiger partial charge is 0.238 e. The number of furan rings is 1. The van der Waals surface area contributed by atoms with Gasteiger partial charge in [0.15, 0.2) is 0 Å². The summed E-state index contributed by atoms with van der Waals surface area (Å²) >= 11 is 0. The van der Waals surface area contributed by atoms with E-state index in [1.165, 1.54) is 0 Å². The van der Waals surface area contributed by atoms with Gasteiger partial charge < -0.3 is 15.5 Å². The molecule has 0 unspecified atom stereocenters. The molecule has 0 fully saturated rings. The van der Waals surface area contributed by atoms with Crippen LogP contribution >= 0.6 is 0 Å². The molecule has 3 N–H and O–H groups in total. The highest BCUT2D eigenvalue weighted by molar-refractivity contribution is 5.94. The molecule has 1 aromatic carbocycles. The van der Waals surface area contributed by atoms with Crippen LogP contribution in [0.25, 0.3) is 11.0 Å². The summed E-state index contributed by atoms with van der Waals surface area (Å²) in [5, 5.41) is 3.63. The highest BCUT2D eigenvalue weighted by Crippen LogP contribution is 2.19. The van der Waals surface area contributed by atoms with Gasteiger partial charge in [-0.3, -0.25) is 4.79 Å². The highest BCUT2D eigenvalue weighted by Gasteiger charge is 2.01. The van der Waals surface area contributed by atoms with Crippen LogP contribution in [0.2, 0.25) is 0 Å². The maximum atomic E-state index is 11.0. The molecule has 0 saturated carbocycles. The molecule has 0 saturated heterocycles. The maximum Gasteiger partial charge on any atom is 0.238 e. The Labute approximate surface area is 80.7 Å². The standard InChI is InChI=1S/C10H10N2O2/c11-6-10(13)12-8-1-2-9-7(5-8)3-4-14-9/h1-5H,6,11H2,(H,12,13). The summed E-state index contributed by atoms with van der Waals surface area (Å²) in [6, 6.07) is 7.26. The third-order valence-corrected chi connectivity index (χ3v) is 1.92. The number of nitrogens with one attached hydrogen (secondary N) is 1. The average molecular weight is 190 g/mol. The summed E-state index contributed by atoms with van der Waals surface area (Å²) in [5.74, 6) is -0.201. The molecule has 4 heteroatoms. The Morgan fingerprint density at radius 1 is 1.43 bits per heavy atom. The van der Waals surface area contributed by atoms with Crippen molar-refractivity contribution in [2.75, 3.05) is 11.9 Å². The van der Waals surface area contributed by atoms with E-state index in [1.54, 1.807) is 12.3 Å². The van der Waals surface area contributed by atoms with Crippen LogP contribution in [0.5, 0.6) is 0 Å². The zero-order chi connectivity index (χ0) is 9.97. The SMILES string of the molecule is NCC(=O)Nc1ccc2occc2c1. The zero-order valence-electron chi connectivity index (χ0n) is 7.49. The Bertz CT molecular complexity index is 462. The predicted molar refractivity (Wildman–Crippen MR) is 53.9 cm³/mol. The molecular weight excluding hydrogens is 180 g/mol. The third-order valence-electron chi connectivity index (χ3n) is 1.92. The minimum Gasteiger partial charge on any atom is -0.464 e. The summed E-state index contributed by atoms with van der Waals surface area (Å²) < 4.78 is 5.17. The van der Waals surface area contributed by atoms with Crippen molar-refractivity contribution in [3.8, 4) is 0 Å². The molecule has 0 atom stereocenters. The van der Waals surface area contributed by atoms with Gasteiger partial charge in [0.2, 0.25) is 5.91 Å². The van der Waals surface area contributed by atoms with Crippen LogP contribution < -0.4 is 11.1 Å². The van der Waals surface area contributed by atoms with E-state index in [4.69, 9.17) is 10.2 Å². The van der Waals surface area contributed by atoms with Gasteiger partial charge in [-0.05, 0) is 24.3 Å².